The number of aliphatic carboxylic acids is 1. The molecule has 1 heterocycles. The molecule has 0 radical (unpaired) electrons. The molecule has 2 unspecified atom stereocenters. The van der Waals surface area contributed by atoms with Gasteiger partial charge in [0.1, 0.15) is 6.04 Å². The Morgan fingerprint density at radius 3 is 2.55 bits per heavy atom. The summed E-state index contributed by atoms with van der Waals surface area (Å²) in [4.78, 5) is 25.0. The first-order valence-corrected chi connectivity index (χ1v) is 14.0. The number of aryl methyl sites for hydroxylation is 1. The van der Waals surface area contributed by atoms with Gasteiger partial charge in [0, 0.05) is 5.56 Å². The summed E-state index contributed by atoms with van der Waals surface area (Å²) >= 11 is 1.55. The van der Waals surface area contributed by atoms with Crippen molar-refractivity contribution in [2.24, 2.45) is 0 Å². The molecule has 2 atom stereocenters. The molecule has 2 N–H and O–H groups in total. The lowest BCUT2D eigenvalue weighted by Gasteiger charge is -2.18. The largest absolute Gasteiger partial charge is 0.480 e. The van der Waals surface area contributed by atoms with Gasteiger partial charge in [0.15, 0.2) is 11.5 Å². The SMILES string of the molecule is CSCCC(NC(=O)c1ccc(COC(C)Cc2ccc3c(c2)OCO3)cc1-c1ccccc1C)C(=O)O. The fourth-order valence-corrected chi connectivity index (χ4v) is 4.87. The molecule has 0 saturated carbocycles. The zero-order valence-corrected chi connectivity index (χ0v) is 22.7. The Bertz CT molecular complexity index is 1290. The van der Waals surface area contributed by atoms with Crippen LogP contribution in [0, 0.1) is 6.92 Å². The van der Waals surface area contributed by atoms with Crippen LogP contribution in [0.3, 0.4) is 0 Å². The van der Waals surface area contributed by atoms with Crippen LogP contribution in [-0.2, 0) is 22.6 Å². The number of carbonyl (C=O) groups excluding carboxylic acids is 1. The second-order valence-corrected chi connectivity index (χ2v) is 10.3. The van der Waals surface area contributed by atoms with E-state index in [1.54, 1.807) is 17.8 Å². The number of carboxylic acid groups (broad SMARTS) is 1. The summed E-state index contributed by atoms with van der Waals surface area (Å²) in [6, 6.07) is 18.4. The maximum atomic E-state index is 13.3. The Kier molecular flexibility index (Phi) is 9.31. The van der Waals surface area contributed by atoms with E-state index in [4.69, 9.17) is 14.2 Å². The molecule has 4 rings (SSSR count). The summed E-state index contributed by atoms with van der Waals surface area (Å²) in [7, 11) is 0. The molecule has 8 heteroatoms. The molecule has 0 aliphatic carbocycles. The zero-order chi connectivity index (χ0) is 27.1. The Morgan fingerprint density at radius 1 is 1.03 bits per heavy atom. The number of carbonyl (C=O) groups is 2. The van der Waals surface area contributed by atoms with Gasteiger partial charge in [-0.05, 0) is 90.8 Å². The van der Waals surface area contributed by atoms with Crippen LogP contribution in [0.5, 0.6) is 11.5 Å². The molecule has 0 saturated heterocycles. The number of hydrogen-bond acceptors (Lipinski definition) is 6. The number of benzene rings is 3. The van der Waals surface area contributed by atoms with Crippen LogP contribution in [0.25, 0.3) is 11.1 Å². The highest BCUT2D eigenvalue weighted by Crippen LogP contribution is 2.33. The van der Waals surface area contributed by atoms with Gasteiger partial charge in [-0.1, -0.05) is 36.4 Å². The van der Waals surface area contributed by atoms with E-state index < -0.39 is 17.9 Å². The molecule has 1 amide bonds. The molecule has 7 nitrogen and oxygen atoms in total. The number of ether oxygens (including phenoxy) is 3. The highest BCUT2D eigenvalue weighted by atomic mass is 32.2. The fourth-order valence-electron chi connectivity index (χ4n) is 4.40. The Hall–Kier alpha value is -3.49. The van der Waals surface area contributed by atoms with Crippen molar-refractivity contribution in [1.29, 1.82) is 0 Å². The van der Waals surface area contributed by atoms with Crippen LogP contribution >= 0.6 is 11.8 Å². The van der Waals surface area contributed by atoms with Gasteiger partial charge in [-0.15, -0.1) is 0 Å². The van der Waals surface area contributed by atoms with Gasteiger partial charge in [0.05, 0.1) is 12.7 Å². The standard InChI is InChI=1S/C30H33NO6S/c1-19-6-4-5-7-23(19)25-15-22(8-10-24(25)29(32)31-26(30(33)34)12-13-38-3)17-35-20(2)14-21-9-11-27-28(16-21)37-18-36-27/h4-11,15-16,20,26H,12-14,17-18H2,1-3H3,(H,31,32)(H,33,34). The van der Waals surface area contributed by atoms with Crippen molar-refractivity contribution < 1.29 is 28.9 Å². The Labute approximate surface area is 227 Å². The van der Waals surface area contributed by atoms with Crippen molar-refractivity contribution in [3.05, 3.63) is 82.9 Å². The Morgan fingerprint density at radius 2 is 1.79 bits per heavy atom. The fraction of sp³-hybridized carbons (Fsp3) is 0.333. The molecule has 3 aromatic carbocycles. The van der Waals surface area contributed by atoms with Gasteiger partial charge in [0.25, 0.3) is 5.91 Å². The molecule has 1 aliphatic heterocycles. The summed E-state index contributed by atoms with van der Waals surface area (Å²) in [5.41, 5.74) is 5.15. The molecule has 0 fully saturated rings. The van der Waals surface area contributed by atoms with Gasteiger partial charge in [-0.3, -0.25) is 4.79 Å². The van der Waals surface area contributed by atoms with E-state index in [1.807, 2.05) is 74.7 Å². The normalized spacial score (nSPS) is 13.7. The third-order valence-corrected chi connectivity index (χ3v) is 7.12. The number of fused-ring (bicyclic) bond motifs is 1. The lowest BCUT2D eigenvalue weighted by molar-refractivity contribution is -0.139. The molecular weight excluding hydrogens is 502 g/mol. The minimum absolute atomic E-state index is 0.0481. The third-order valence-electron chi connectivity index (χ3n) is 6.47. The lowest BCUT2D eigenvalue weighted by atomic mass is 9.93. The van der Waals surface area contributed by atoms with Gasteiger partial charge in [0.2, 0.25) is 6.79 Å². The predicted octanol–water partition coefficient (Wildman–Crippen LogP) is 5.47. The van der Waals surface area contributed by atoms with E-state index in [2.05, 4.69) is 5.32 Å². The summed E-state index contributed by atoms with van der Waals surface area (Å²) < 4.78 is 17.0. The quantitative estimate of drug-likeness (QED) is 0.317. The molecule has 0 bridgehead atoms. The second kappa shape index (κ2) is 12.8. The Balaban J connectivity index is 1.51. The van der Waals surface area contributed by atoms with Crippen molar-refractivity contribution in [1.82, 2.24) is 5.32 Å². The smallest absolute Gasteiger partial charge is 0.326 e. The van der Waals surface area contributed by atoms with Gasteiger partial charge in [-0.2, -0.15) is 11.8 Å². The topological polar surface area (TPSA) is 94.1 Å². The number of carboxylic acids is 1. The molecule has 0 spiro atoms. The van der Waals surface area contributed by atoms with Crippen LogP contribution in [0.15, 0.2) is 60.7 Å². The molecule has 0 aromatic heterocycles. The first kappa shape index (κ1) is 27.5. The molecular formula is C30H33NO6S. The zero-order valence-electron chi connectivity index (χ0n) is 21.9. The van der Waals surface area contributed by atoms with E-state index in [0.717, 1.165) is 39.3 Å². The average molecular weight is 536 g/mol. The van der Waals surface area contributed by atoms with Crippen molar-refractivity contribution in [2.45, 2.75) is 45.4 Å². The van der Waals surface area contributed by atoms with Crippen molar-refractivity contribution in [3.63, 3.8) is 0 Å². The minimum Gasteiger partial charge on any atom is -0.480 e. The maximum Gasteiger partial charge on any atom is 0.326 e. The monoisotopic (exact) mass is 535 g/mol. The molecule has 1 aliphatic rings. The van der Waals surface area contributed by atoms with Gasteiger partial charge in [-0.25, -0.2) is 4.79 Å². The van der Waals surface area contributed by atoms with Gasteiger partial charge < -0.3 is 24.6 Å². The maximum absolute atomic E-state index is 13.3. The van der Waals surface area contributed by atoms with E-state index in [-0.39, 0.29) is 12.9 Å². The molecule has 3 aromatic rings. The number of rotatable bonds is 12. The van der Waals surface area contributed by atoms with Crippen LogP contribution in [0.4, 0.5) is 0 Å². The third kappa shape index (κ3) is 6.88. The molecule has 200 valence electrons. The van der Waals surface area contributed by atoms with Crippen LogP contribution < -0.4 is 14.8 Å². The summed E-state index contributed by atoms with van der Waals surface area (Å²) in [6.07, 6.45) is 2.94. The predicted molar refractivity (Wildman–Crippen MR) is 149 cm³/mol. The number of hydrogen-bond donors (Lipinski definition) is 2. The first-order valence-electron chi connectivity index (χ1n) is 12.6. The van der Waals surface area contributed by atoms with Crippen LogP contribution in [0.2, 0.25) is 0 Å². The van der Waals surface area contributed by atoms with Crippen LogP contribution in [-0.4, -0.2) is 47.9 Å². The van der Waals surface area contributed by atoms with E-state index >= 15 is 0 Å². The summed E-state index contributed by atoms with van der Waals surface area (Å²) in [6.45, 7) is 4.64. The number of amides is 1. The minimum atomic E-state index is -1.04. The van der Waals surface area contributed by atoms with Crippen molar-refractivity contribution >= 4 is 23.6 Å². The second-order valence-electron chi connectivity index (χ2n) is 9.35. The lowest BCUT2D eigenvalue weighted by Crippen LogP contribution is -2.41. The first-order chi connectivity index (χ1) is 18.4. The van der Waals surface area contributed by atoms with E-state index in [1.165, 1.54) is 0 Å². The summed E-state index contributed by atoms with van der Waals surface area (Å²) in [5.74, 6) is 0.716. The number of nitrogens with one attached hydrogen (secondary N) is 1. The van der Waals surface area contributed by atoms with Crippen molar-refractivity contribution in [2.75, 3.05) is 18.8 Å². The average Bonchev–Trinajstić information content (AvgIpc) is 3.38. The van der Waals surface area contributed by atoms with Crippen molar-refractivity contribution in [3.8, 4) is 22.6 Å². The van der Waals surface area contributed by atoms with E-state index in [9.17, 15) is 14.7 Å². The number of thioether (sulfide) groups is 1. The van der Waals surface area contributed by atoms with Crippen LogP contribution in [0.1, 0.15) is 40.4 Å². The highest BCUT2D eigenvalue weighted by Gasteiger charge is 2.23. The van der Waals surface area contributed by atoms with E-state index in [0.29, 0.717) is 30.8 Å². The summed E-state index contributed by atoms with van der Waals surface area (Å²) in [5, 5.41) is 12.3. The molecule has 38 heavy (non-hydrogen) atoms. The highest BCUT2D eigenvalue weighted by molar-refractivity contribution is 7.98. The van der Waals surface area contributed by atoms with Gasteiger partial charge >= 0.3 is 5.97 Å².